The van der Waals surface area contributed by atoms with Crippen LogP contribution in [0.4, 0.5) is 4.79 Å². The number of benzene rings is 1. The summed E-state index contributed by atoms with van der Waals surface area (Å²) in [5.41, 5.74) is 4.22. The Kier molecular flexibility index (Phi) is 5.05. The van der Waals surface area contributed by atoms with Gasteiger partial charge in [-0.3, -0.25) is 5.10 Å². The number of carbonyl (C=O) groups excluding carboxylic acids is 1. The van der Waals surface area contributed by atoms with Gasteiger partial charge in [-0.2, -0.15) is 5.10 Å². The Morgan fingerprint density at radius 1 is 1.30 bits per heavy atom. The molecule has 2 N–H and O–H groups in total. The molecule has 2 amide bonds. The summed E-state index contributed by atoms with van der Waals surface area (Å²) in [4.78, 5) is 14.8. The molecule has 2 fully saturated rings. The van der Waals surface area contributed by atoms with Crippen LogP contribution in [0.25, 0.3) is 0 Å². The summed E-state index contributed by atoms with van der Waals surface area (Å²) >= 11 is 0. The van der Waals surface area contributed by atoms with Crippen LogP contribution in [0, 0.1) is 19.8 Å². The van der Waals surface area contributed by atoms with Crippen molar-refractivity contribution in [3.8, 4) is 5.75 Å². The molecule has 6 heteroatoms. The number of nitrogens with one attached hydrogen (secondary N) is 2. The molecule has 1 saturated carbocycles. The monoisotopic (exact) mass is 368 g/mol. The van der Waals surface area contributed by atoms with Crippen molar-refractivity contribution in [2.45, 2.75) is 52.1 Å². The molecule has 0 radical (unpaired) electrons. The van der Waals surface area contributed by atoms with E-state index in [1.807, 2.05) is 43.0 Å². The maximum Gasteiger partial charge on any atom is 0.318 e. The number of H-pyrrole nitrogens is 1. The summed E-state index contributed by atoms with van der Waals surface area (Å²) in [7, 11) is 0. The Balaban J connectivity index is 1.40. The topological polar surface area (TPSA) is 70.2 Å². The summed E-state index contributed by atoms with van der Waals surface area (Å²) in [6.45, 7) is 6.06. The molecular formula is C21H28N4O2. The molecule has 0 bridgehead atoms. The lowest BCUT2D eigenvalue weighted by molar-refractivity contribution is 0.192. The number of aromatic amines is 1. The lowest BCUT2D eigenvalue weighted by atomic mass is 10.0. The molecule has 2 heterocycles. The fourth-order valence-corrected chi connectivity index (χ4v) is 3.92. The Hall–Kier alpha value is -2.50. The predicted molar refractivity (Wildman–Crippen MR) is 104 cm³/mol. The van der Waals surface area contributed by atoms with Gasteiger partial charge >= 0.3 is 6.03 Å². The highest BCUT2D eigenvalue weighted by Crippen LogP contribution is 2.35. The van der Waals surface area contributed by atoms with Gasteiger partial charge < -0.3 is 15.0 Å². The van der Waals surface area contributed by atoms with Crippen LogP contribution in [0.15, 0.2) is 24.3 Å². The minimum absolute atomic E-state index is 0.0190. The van der Waals surface area contributed by atoms with Crippen LogP contribution in [0.3, 0.4) is 0 Å². The first-order valence-electron chi connectivity index (χ1n) is 9.90. The molecule has 6 nitrogen and oxygen atoms in total. The number of aryl methyl sites for hydroxylation is 2. The number of amides is 2. The van der Waals surface area contributed by atoms with Crippen molar-refractivity contribution in [2.24, 2.45) is 5.92 Å². The summed E-state index contributed by atoms with van der Waals surface area (Å²) < 4.78 is 5.95. The fourth-order valence-electron chi connectivity index (χ4n) is 3.92. The van der Waals surface area contributed by atoms with E-state index in [9.17, 15) is 4.79 Å². The van der Waals surface area contributed by atoms with Crippen LogP contribution in [-0.4, -0.2) is 34.3 Å². The highest BCUT2D eigenvalue weighted by molar-refractivity contribution is 5.75. The second-order valence-corrected chi connectivity index (χ2v) is 7.72. The van der Waals surface area contributed by atoms with E-state index < -0.39 is 0 Å². The average Bonchev–Trinajstić information content (AvgIpc) is 3.28. The van der Waals surface area contributed by atoms with E-state index in [2.05, 4.69) is 15.5 Å². The minimum atomic E-state index is -0.0190. The molecular weight excluding hydrogens is 340 g/mol. The first-order chi connectivity index (χ1) is 13.1. The zero-order chi connectivity index (χ0) is 18.8. The SMILES string of the molecule is Cc1n[nH]c(C)c1C1CCCN1C(=O)NCc1ccccc1OCC1CC1. The molecule has 1 aliphatic carbocycles. The summed E-state index contributed by atoms with van der Waals surface area (Å²) in [6, 6.07) is 8.06. The minimum Gasteiger partial charge on any atom is -0.493 e. The molecule has 1 aromatic carbocycles. The van der Waals surface area contributed by atoms with Gasteiger partial charge in [0.2, 0.25) is 0 Å². The van der Waals surface area contributed by atoms with Gasteiger partial charge in [-0.1, -0.05) is 18.2 Å². The third-order valence-corrected chi connectivity index (χ3v) is 5.61. The second kappa shape index (κ2) is 7.62. The van der Waals surface area contributed by atoms with E-state index in [-0.39, 0.29) is 12.1 Å². The van der Waals surface area contributed by atoms with E-state index in [0.717, 1.165) is 54.3 Å². The largest absolute Gasteiger partial charge is 0.493 e. The van der Waals surface area contributed by atoms with Gasteiger partial charge in [0, 0.05) is 29.9 Å². The lowest BCUT2D eigenvalue weighted by Crippen LogP contribution is -2.39. The molecule has 1 atom stereocenters. The fraction of sp³-hybridized carbons (Fsp3) is 0.524. The van der Waals surface area contributed by atoms with Crippen molar-refractivity contribution in [3.05, 3.63) is 46.8 Å². The van der Waals surface area contributed by atoms with E-state index in [1.165, 1.54) is 12.8 Å². The number of rotatable bonds is 6. The van der Waals surface area contributed by atoms with Crippen molar-refractivity contribution < 1.29 is 9.53 Å². The number of aromatic nitrogens is 2. The zero-order valence-corrected chi connectivity index (χ0v) is 16.1. The summed E-state index contributed by atoms with van der Waals surface area (Å²) in [5, 5.41) is 10.4. The first-order valence-corrected chi connectivity index (χ1v) is 9.90. The first kappa shape index (κ1) is 17.9. The average molecular weight is 368 g/mol. The van der Waals surface area contributed by atoms with Crippen LogP contribution >= 0.6 is 0 Å². The van der Waals surface area contributed by atoms with Gasteiger partial charge in [0.15, 0.2) is 0 Å². The van der Waals surface area contributed by atoms with Crippen molar-refractivity contribution in [2.75, 3.05) is 13.2 Å². The number of urea groups is 1. The smallest absolute Gasteiger partial charge is 0.318 e. The second-order valence-electron chi connectivity index (χ2n) is 7.72. The van der Waals surface area contributed by atoms with Crippen LogP contribution in [0.2, 0.25) is 0 Å². The van der Waals surface area contributed by atoms with E-state index >= 15 is 0 Å². The molecule has 1 aromatic heterocycles. The third-order valence-electron chi connectivity index (χ3n) is 5.61. The Morgan fingerprint density at radius 2 is 2.11 bits per heavy atom. The highest BCUT2D eigenvalue weighted by Gasteiger charge is 2.33. The molecule has 2 aliphatic rings. The Morgan fingerprint density at radius 3 is 2.85 bits per heavy atom. The Labute approximate surface area is 160 Å². The van der Waals surface area contributed by atoms with Crippen LogP contribution in [0.1, 0.15) is 54.2 Å². The van der Waals surface area contributed by atoms with Crippen LogP contribution in [-0.2, 0) is 6.54 Å². The number of nitrogens with zero attached hydrogens (tertiary/aromatic N) is 2. The van der Waals surface area contributed by atoms with Gasteiger partial charge in [0.25, 0.3) is 0 Å². The number of hydrogen-bond acceptors (Lipinski definition) is 3. The van der Waals surface area contributed by atoms with E-state index in [4.69, 9.17) is 4.74 Å². The van der Waals surface area contributed by atoms with Gasteiger partial charge in [0.1, 0.15) is 5.75 Å². The molecule has 0 spiro atoms. The maximum atomic E-state index is 12.9. The van der Waals surface area contributed by atoms with E-state index in [0.29, 0.717) is 12.5 Å². The van der Waals surface area contributed by atoms with Crippen molar-refractivity contribution >= 4 is 6.03 Å². The molecule has 4 rings (SSSR count). The normalized spacial score (nSPS) is 19.3. The third kappa shape index (κ3) is 3.94. The van der Waals surface area contributed by atoms with Gasteiger partial charge in [0.05, 0.1) is 18.3 Å². The Bertz CT molecular complexity index is 793. The standard InChI is InChI=1S/C21H28N4O2/c1-14-20(15(2)24-23-14)18-7-5-11-25(18)21(26)22-12-17-6-3-4-8-19(17)27-13-16-9-10-16/h3-4,6,8,16,18H,5,7,9-13H2,1-2H3,(H,22,26)(H,23,24). The number of likely N-dealkylation sites (tertiary alicyclic amines) is 1. The van der Waals surface area contributed by atoms with Gasteiger partial charge in [-0.25, -0.2) is 4.79 Å². The quantitative estimate of drug-likeness (QED) is 0.813. The molecule has 1 unspecified atom stereocenters. The van der Waals surface area contributed by atoms with Crippen molar-refractivity contribution in [1.82, 2.24) is 20.4 Å². The van der Waals surface area contributed by atoms with Gasteiger partial charge in [-0.05, 0) is 51.5 Å². The lowest BCUT2D eigenvalue weighted by Gasteiger charge is -2.25. The number of hydrogen-bond donors (Lipinski definition) is 2. The predicted octanol–water partition coefficient (Wildman–Crippen LogP) is 3.86. The van der Waals surface area contributed by atoms with Crippen molar-refractivity contribution in [3.63, 3.8) is 0 Å². The number of ether oxygens (including phenoxy) is 1. The van der Waals surface area contributed by atoms with Crippen molar-refractivity contribution in [1.29, 1.82) is 0 Å². The highest BCUT2D eigenvalue weighted by atomic mass is 16.5. The maximum absolute atomic E-state index is 12.9. The zero-order valence-electron chi connectivity index (χ0n) is 16.1. The molecule has 1 aliphatic heterocycles. The van der Waals surface area contributed by atoms with Gasteiger partial charge in [-0.15, -0.1) is 0 Å². The molecule has 144 valence electrons. The van der Waals surface area contributed by atoms with Crippen LogP contribution < -0.4 is 10.1 Å². The molecule has 2 aromatic rings. The number of carbonyl (C=O) groups is 1. The number of para-hydroxylation sites is 1. The summed E-state index contributed by atoms with van der Waals surface area (Å²) in [5.74, 6) is 1.59. The summed E-state index contributed by atoms with van der Waals surface area (Å²) in [6.07, 6.45) is 4.53. The molecule has 1 saturated heterocycles. The van der Waals surface area contributed by atoms with Crippen LogP contribution in [0.5, 0.6) is 5.75 Å². The molecule has 27 heavy (non-hydrogen) atoms. The van der Waals surface area contributed by atoms with E-state index in [1.54, 1.807) is 0 Å².